The van der Waals surface area contributed by atoms with Gasteiger partial charge in [0.1, 0.15) is 0 Å². The first kappa shape index (κ1) is 20.6. The molecular weight excluding hydrogens is 426 g/mol. The lowest BCUT2D eigenvalue weighted by Crippen LogP contribution is -2.38. The van der Waals surface area contributed by atoms with E-state index >= 15 is 0 Å². The van der Waals surface area contributed by atoms with Crippen LogP contribution in [0.2, 0.25) is 0 Å². The number of sulfonamides is 1. The van der Waals surface area contributed by atoms with Crippen molar-refractivity contribution in [2.75, 3.05) is 22.4 Å². The summed E-state index contributed by atoms with van der Waals surface area (Å²) in [5.41, 5.74) is 3.93. The molecule has 4 aromatic rings. The van der Waals surface area contributed by atoms with E-state index in [2.05, 4.69) is 31.7 Å². The first-order valence-electron chi connectivity index (χ1n) is 10.7. The van der Waals surface area contributed by atoms with Crippen molar-refractivity contribution in [2.45, 2.75) is 32.2 Å². The summed E-state index contributed by atoms with van der Waals surface area (Å²) in [6, 6.07) is 13.8. The molecule has 0 radical (unpaired) electrons. The Morgan fingerprint density at radius 1 is 1.12 bits per heavy atom. The lowest BCUT2D eigenvalue weighted by atomic mass is 10.0. The zero-order valence-electron chi connectivity index (χ0n) is 18.0. The average Bonchev–Trinajstić information content (AvgIpc) is 3.42. The number of rotatable bonds is 5. The maximum absolute atomic E-state index is 12.1. The summed E-state index contributed by atoms with van der Waals surface area (Å²) in [7, 11) is -3.45. The lowest BCUT2D eigenvalue weighted by molar-refractivity contribution is 0.432. The zero-order chi connectivity index (χ0) is 22.3. The number of benzene rings is 2. The molecule has 2 aromatic carbocycles. The Morgan fingerprint density at radius 2 is 1.97 bits per heavy atom. The van der Waals surface area contributed by atoms with Crippen molar-refractivity contribution in [1.82, 2.24) is 15.1 Å². The molecule has 0 bridgehead atoms. The van der Waals surface area contributed by atoms with Crippen molar-refractivity contribution >= 4 is 32.3 Å². The van der Waals surface area contributed by atoms with E-state index < -0.39 is 10.0 Å². The second-order valence-electron chi connectivity index (χ2n) is 8.35. The second kappa shape index (κ2) is 7.98. The molecule has 32 heavy (non-hydrogen) atoms. The highest BCUT2D eigenvalue weighted by atomic mass is 32.2. The van der Waals surface area contributed by atoms with Crippen molar-refractivity contribution in [3.05, 3.63) is 48.7 Å². The fraction of sp³-hybridized carbons (Fsp3) is 0.304. The van der Waals surface area contributed by atoms with E-state index in [1.165, 1.54) is 6.42 Å². The minimum atomic E-state index is -3.45. The Kier molecular flexibility index (Phi) is 5.13. The van der Waals surface area contributed by atoms with Crippen LogP contribution in [-0.4, -0.2) is 42.4 Å². The molecule has 5 rings (SSSR count). The molecule has 1 atom stereocenters. The number of H-pyrrole nitrogens is 1. The normalized spacial score (nSPS) is 17.1. The summed E-state index contributed by atoms with van der Waals surface area (Å²) in [5.74, 6) is 0.818. The first-order chi connectivity index (χ1) is 15.4. The fourth-order valence-corrected chi connectivity index (χ4v) is 4.87. The summed E-state index contributed by atoms with van der Waals surface area (Å²) in [4.78, 5) is 9.98. The summed E-state index contributed by atoms with van der Waals surface area (Å²) in [6.07, 6.45) is 6.40. The molecule has 2 N–H and O–H groups in total. The van der Waals surface area contributed by atoms with Gasteiger partial charge in [-0.2, -0.15) is 4.98 Å². The van der Waals surface area contributed by atoms with Gasteiger partial charge in [0.05, 0.1) is 17.6 Å². The van der Waals surface area contributed by atoms with Gasteiger partial charge in [-0.25, -0.2) is 8.42 Å². The quantitative estimate of drug-likeness (QED) is 0.458. The van der Waals surface area contributed by atoms with Crippen LogP contribution in [0.15, 0.2) is 53.2 Å². The Hall–Kier alpha value is -3.33. The lowest BCUT2D eigenvalue weighted by Gasteiger charge is -2.36. The van der Waals surface area contributed by atoms with Gasteiger partial charge < -0.3 is 14.4 Å². The fourth-order valence-electron chi connectivity index (χ4n) is 4.31. The van der Waals surface area contributed by atoms with Gasteiger partial charge in [0.25, 0.3) is 5.89 Å². The molecule has 3 heterocycles. The average molecular weight is 452 g/mol. The van der Waals surface area contributed by atoms with Gasteiger partial charge in [0.15, 0.2) is 0 Å². The molecule has 0 amide bonds. The Morgan fingerprint density at radius 3 is 2.78 bits per heavy atom. The predicted molar refractivity (Wildman–Crippen MR) is 126 cm³/mol. The molecule has 1 fully saturated rings. The van der Waals surface area contributed by atoms with Crippen LogP contribution >= 0.6 is 0 Å². The number of hydrogen-bond acceptors (Lipinski definition) is 6. The standard InChI is InChI=1S/C23H25N5O3S/c1-15-5-3-4-12-28(15)21-9-7-18(14-20(21)27-32(2,29)30)23-25-22(26-31-23)17-6-8-19-16(13-17)10-11-24-19/h6-11,13-15,24,27H,3-5,12H2,1-2H3/t15-/m0/s1. The van der Waals surface area contributed by atoms with Gasteiger partial charge in [-0.05, 0) is 68.7 Å². The summed E-state index contributed by atoms with van der Waals surface area (Å²) in [6.45, 7) is 3.06. The first-order valence-corrected chi connectivity index (χ1v) is 12.6. The van der Waals surface area contributed by atoms with Crippen LogP contribution in [-0.2, 0) is 10.0 Å². The molecule has 0 aliphatic carbocycles. The number of nitrogens with one attached hydrogen (secondary N) is 2. The van der Waals surface area contributed by atoms with E-state index in [9.17, 15) is 8.42 Å². The second-order valence-corrected chi connectivity index (χ2v) is 10.1. The molecular formula is C23H25N5O3S. The van der Waals surface area contributed by atoms with Gasteiger partial charge in [-0.15, -0.1) is 0 Å². The third-order valence-corrected chi connectivity index (χ3v) is 6.48. The Bertz CT molecular complexity index is 1380. The van der Waals surface area contributed by atoms with E-state index in [4.69, 9.17) is 4.52 Å². The molecule has 1 aliphatic heterocycles. The van der Waals surface area contributed by atoms with Crippen molar-refractivity contribution in [2.24, 2.45) is 0 Å². The molecule has 1 aliphatic rings. The van der Waals surface area contributed by atoms with E-state index in [0.29, 0.717) is 29.0 Å². The van der Waals surface area contributed by atoms with Gasteiger partial charge in [0, 0.05) is 40.8 Å². The number of nitrogens with zero attached hydrogens (tertiary/aromatic N) is 3. The Labute approximate surface area is 186 Å². The van der Waals surface area contributed by atoms with Crippen molar-refractivity contribution in [3.63, 3.8) is 0 Å². The van der Waals surface area contributed by atoms with E-state index in [-0.39, 0.29) is 0 Å². The summed E-state index contributed by atoms with van der Waals surface area (Å²) < 4.78 is 32.3. The number of aromatic amines is 1. The maximum Gasteiger partial charge on any atom is 0.258 e. The van der Waals surface area contributed by atoms with Crippen molar-refractivity contribution in [3.8, 4) is 22.8 Å². The van der Waals surface area contributed by atoms with E-state index in [1.807, 2.05) is 42.6 Å². The van der Waals surface area contributed by atoms with Gasteiger partial charge in [-0.3, -0.25) is 4.72 Å². The van der Waals surface area contributed by atoms with Crippen LogP contribution in [0.25, 0.3) is 33.7 Å². The topological polar surface area (TPSA) is 104 Å². The number of anilines is 2. The Balaban J connectivity index is 1.51. The largest absolute Gasteiger partial charge is 0.367 e. The molecule has 0 spiro atoms. The van der Waals surface area contributed by atoms with Crippen LogP contribution in [0.1, 0.15) is 26.2 Å². The minimum absolute atomic E-state index is 0.337. The predicted octanol–water partition coefficient (Wildman–Crippen LogP) is 4.64. The van der Waals surface area contributed by atoms with E-state index in [0.717, 1.165) is 47.8 Å². The summed E-state index contributed by atoms with van der Waals surface area (Å²) in [5, 5.41) is 5.20. The minimum Gasteiger partial charge on any atom is -0.367 e. The van der Waals surface area contributed by atoms with Crippen molar-refractivity contribution < 1.29 is 12.9 Å². The van der Waals surface area contributed by atoms with Gasteiger partial charge in [0.2, 0.25) is 15.8 Å². The monoisotopic (exact) mass is 451 g/mol. The third-order valence-electron chi connectivity index (χ3n) is 5.89. The molecule has 0 saturated carbocycles. The van der Waals surface area contributed by atoms with Crippen LogP contribution < -0.4 is 9.62 Å². The van der Waals surface area contributed by atoms with Crippen LogP contribution in [0.3, 0.4) is 0 Å². The molecule has 2 aromatic heterocycles. The highest BCUT2D eigenvalue weighted by molar-refractivity contribution is 7.92. The molecule has 166 valence electrons. The number of hydrogen-bond donors (Lipinski definition) is 2. The van der Waals surface area contributed by atoms with Crippen LogP contribution in [0.4, 0.5) is 11.4 Å². The molecule has 1 saturated heterocycles. The highest BCUT2D eigenvalue weighted by Gasteiger charge is 2.23. The van der Waals surface area contributed by atoms with E-state index in [1.54, 1.807) is 6.07 Å². The SMILES string of the molecule is C[C@H]1CCCCN1c1ccc(-c2nc(-c3ccc4[nH]ccc4c3)no2)cc1NS(C)(=O)=O. The molecule has 9 heteroatoms. The van der Waals surface area contributed by atoms with Gasteiger partial charge >= 0.3 is 0 Å². The van der Waals surface area contributed by atoms with Crippen LogP contribution in [0, 0.1) is 0 Å². The van der Waals surface area contributed by atoms with Crippen LogP contribution in [0.5, 0.6) is 0 Å². The number of aromatic nitrogens is 3. The third kappa shape index (κ3) is 4.08. The molecule has 0 unspecified atom stereocenters. The zero-order valence-corrected chi connectivity index (χ0v) is 18.8. The van der Waals surface area contributed by atoms with Gasteiger partial charge in [-0.1, -0.05) is 5.16 Å². The molecule has 8 nitrogen and oxygen atoms in total. The smallest absolute Gasteiger partial charge is 0.258 e. The van der Waals surface area contributed by atoms with Crippen molar-refractivity contribution in [1.29, 1.82) is 0 Å². The maximum atomic E-state index is 12.1. The summed E-state index contributed by atoms with van der Waals surface area (Å²) >= 11 is 0. The highest BCUT2D eigenvalue weighted by Crippen LogP contribution is 2.35. The number of fused-ring (bicyclic) bond motifs is 1. The number of piperidine rings is 1.